The largest absolute Gasteiger partial charge is 0.466 e. The summed E-state index contributed by atoms with van der Waals surface area (Å²) < 4.78 is 11.9. The van der Waals surface area contributed by atoms with Crippen molar-refractivity contribution < 1.29 is 18.7 Å². The Morgan fingerprint density at radius 2 is 2.05 bits per heavy atom. The molecule has 10 heteroatoms. The molecule has 1 atom stereocenters. The van der Waals surface area contributed by atoms with Gasteiger partial charge < -0.3 is 19.0 Å². The smallest absolute Gasteiger partial charge is 0.310 e. The zero-order chi connectivity index (χ0) is 25.9. The van der Waals surface area contributed by atoms with E-state index < -0.39 is 0 Å². The number of rotatable bonds is 7. The second-order valence-corrected chi connectivity index (χ2v) is 10.0. The Morgan fingerprint density at radius 3 is 2.84 bits per heavy atom. The molecule has 0 N–H and O–H groups in total. The first kappa shape index (κ1) is 24.9. The topological polar surface area (TPSA) is 102 Å². The van der Waals surface area contributed by atoms with Crippen molar-refractivity contribution in [1.82, 2.24) is 20.1 Å². The number of carbonyl (C=O) groups excluding carboxylic acids is 2. The molecule has 1 fully saturated rings. The lowest BCUT2D eigenvalue weighted by Crippen LogP contribution is -2.41. The molecule has 4 heterocycles. The molecule has 1 amide bonds. The number of pyridine rings is 1. The SMILES string of the molecule is CCOC(=O)[C@H]1CCCN(c2nc(-c3csc4ccccc34)ccc2C(=O)N(C)Cc2nnc(C)o2)C1. The van der Waals surface area contributed by atoms with Gasteiger partial charge in [0.1, 0.15) is 5.82 Å². The van der Waals surface area contributed by atoms with E-state index in [4.69, 9.17) is 14.1 Å². The fourth-order valence-corrected chi connectivity index (χ4v) is 5.64. The van der Waals surface area contributed by atoms with E-state index in [0.29, 0.717) is 42.9 Å². The van der Waals surface area contributed by atoms with E-state index in [9.17, 15) is 9.59 Å². The predicted molar refractivity (Wildman–Crippen MR) is 141 cm³/mol. The van der Waals surface area contributed by atoms with Crippen LogP contribution in [0, 0.1) is 12.8 Å². The van der Waals surface area contributed by atoms with Crippen molar-refractivity contribution in [3.05, 3.63) is 59.1 Å². The van der Waals surface area contributed by atoms with Crippen molar-refractivity contribution in [2.75, 3.05) is 31.6 Å². The van der Waals surface area contributed by atoms with E-state index in [2.05, 4.69) is 27.7 Å². The number of ether oxygens (including phenoxy) is 1. The van der Waals surface area contributed by atoms with Gasteiger partial charge in [-0.2, -0.15) is 0 Å². The minimum Gasteiger partial charge on any atom is -0.466 e. The number of anilines is 1. The minimum atomic E-state index is -0.261. The molecule has 37 heavy (non-hydrogen) atoms. The number of benzene rings is 1. The molecule has 5 rings (SSSR count). The van der Waals surface area contributed by atoms with Crippen LogP contribution in [0.25, 0.3) is 21.3 Å². The molecular weight excluding hydrogens is 490 g/mol. The maximum atomic E-state index is 13.6. The Labute approximate surface area is 219 Å². The summed E-state index contributed by atoms with van der Waals surface area (Å²) in [5.74, 6) is 0.708. The average molecular weight is 520 g/mol. The van der Waals surface area contributed by atoms with Crippen LogP contribution in [0.1, 0.15) is 41.9 Å². The van der Waals surface area contributed by atoms with Crippen LogP contribution in [0.15, 0.2) is 46.2 Å². The highest BCUT2D eigenvalue weighted by Gasteiger charge is 2.31. The Balaban J connectivity index is 1.52. The molecule has 3 aromatic heterocycles. The fourth-order valence-electron chi connectivity index (χ4n) is 4.69. The number of amides is 1. The van der Waals surface area contributed by atoms with Crippen LogP contribution < -0.4 is 4.90 Å². The highest BCUT2D eigenvalue weighted by molar-refractivity contribution is 7.17. The Kier molecular flexibility index (Phi) is 7.18. The highest BCUT2D eigenvalue weighted by Crippen LogP contribution is 2.35. The summed E-state index contributed by atoms with van der Waals surface area (Å²) in [5.41, 5.74) is 2.28. The number of hydrogen-bond donors (Lipinski definition) is 0. The number of aromatic nitrogens is 3. The molecule has 0 unspecified atom stereocenters. The second kappa shape index (κ2) is 10.7. The zero-order valence-electron chi connectivity index (χ0n) is 21.1. The maximum Gasteiger partial charge on any atom is 0.310 e. The van der Waals surface area contributed by atoms with Gasteiger partial charge in [-0.3, -0.25) is 9.59 Å². The minimum absolute atomic E-state index is 0.182. The van der Waals surface area contributed by atoms with Crippen LogP contribution in [-0.2, 0) is 16.1 Å². The molecule has 9 nitrogen and oxygen atoms in total. The predicted octanol–water partition coefficient (Wildman–Crippen LogP) is 4.71. The third-order valence-corrected chi connectivity index (χ3v) is 7.45. The summed E-state index contributed by atoms with van der Waals surface area (Å²) in [6.07, 6.45) is 1.56. The van der Waals surface area contributed by atoms with E-state index in [0.717, 1.165) is 29.5 Å². The van der Waals surface area contributed by atoms with E-state index in [1.807, 2.05) is 36.1 Å². The number of nitrogens with zero attached hydrogens (tertiary/aromatic N) is 5. The van der Waals surface area contributed by atoms with Crippen LogP contribution in [0.4, 0.5) is 5.82 Å². The third-order valence-electron chi connectivity index (χ3n) is 6.49. The first-order valence-corrected chi connectivity index (χ1v) is 13.3. The van der Waals surface area contributed by atoms with Crippen molar-refractivity contribution in [3.8, 4) is 11.3 Å². The van der Waals surface area contributed by atoms with Gasteiger partial charge in [0, 0.05) is 48.1 Å². The van der Waals surface area contributed by atoms with Gasteiger partial charge in [0.15, 0.2) is 0 Å². The van der Waals surface area contributed by atoms with Gasteiger partial charge in [0.2, 0.25) is 11.8 Å². The van der Waals surface area contributed by atoms with Crippen LogP contribution in [0.2, 0.25) is 0 Å². The van der Waals surface area contributed by atoms with Gasteiger partial charge in [-0.25, -0.2) is 4.98 Å². The molecule has 1 aromatic carbocycles. The zero-order valence-corrected chi connectivity index (χ0v) is 22.0. The van der Waals surface area contributed by atoms with Gasteiger partial charge in [-0.15, -0.1) is 21.5 Å². The molecule has 4 aromatic rings. The lowest BCUT2D eigenvalue weighted by molar-refractivity contribution is -0.148. The van der Waals surface area contributed by atoms with E-state index >= 15 is 0 Å². The van der Waals surface area contributed by atoms with E-state index in [1.54, 1.807) is 30.2 Å². The van der Waals surface area contributed by atoms with Gasteiger partial charge in [0.05, 0.1) is 30.3 Å². The number of piperidine rings is 1. The van der Waals surface area contributed by atoms with E-state index in [-0.39, 0.29) is 24.3 Å². The maximum absolute atomic E-state index is 13.6. The standard InChI is InChI=1S/C27H29N5O4S/c1-4-35-27(34)18-8-7-13-32(14-18)25-20(26(33)31(3)15-24-30-29-17(2)36-24)11-12-22(28-25)21-16-37-23-10-6-5-9-19(21)23/h5-6,9-12,16,18H,4,7-8,13-15H2,1-3H3/t18-/m0/s1. The molecular formula is C27H29N5O4S. The van der Waals surface area contributed by atoms with Gasteiger partial charge in [-0.1, -0.05) is 18.2 Å². The highest BCUT2D eigenvalue weighted by atomic mass is 32.1. The van der Waals surface area contributed by atoms with Crippen LogP contribution in [0.3, 0.4) is 0 Å². The number of hydrogen-bond acceptors (Lipinski definition) is 9. The fraction of sp³-hybridized carbons (Fsp3) is 0.370. The molecule has 0 spiro atoms. The second-order valence-electron chi connectivity index (χ2n) is 9.13. The average Bonchev–Trinajstić information content (AvgIpc) is 3.54. The number of carbonyl (C=O) groups is 2. The van der Waals surface area contributed by atoms with Gasteiger partial charge in [-0.05, 0) is 38.0 Å². The molecule has 0 bridgehead atoms. The summed E-state index contributed by atoms with van der Waals surface area (Å²) in [7, 11) is 1.70. The number of fused-ring (bicyclic) bond motifs is 1. The Morgan fingerprint density at radius 1 is 1.22 bits per heavy atom. The normalized spacial score (nSPS) is 15.6. The van der Waals surface area contributed by atoms with Gasteiger partial charge in [0.25, 0.3) is 5.91 Å². The van der Waals surface area contributed by atoms with Crippen molar-refractivity contribution in [3.63, 3.8) is 0 Å². The van der Waals surface area contributed by atoms with Crippen molar-refractivity contribution in [2.45, 2.75) is 33.2 Å². The molecule has 1 saturated heterocycles. The summed E-state index contributed by atoms with van der Waals surface area (Å²) in [6.45, 7) is 5.20. The number of thiophene rings is 1. The summed E-state index contributed by atoms with van der Waals surface area (Å²) in [4.78, 5) is 34.8. The van der Waals surface area contributed by atoms with Gasteiger partial charge >= 0.3 is 5.97 Å². The molecule has 0 saturated carbocycles. The monoisotopic (exact) mass is 519 g/mol. The lowest BCUT2D eigenvalue weighted by Gasteiger charge is -2.34. The first-order valence-electron chi connectivity index (χ1n) is 12.4. The molecule has 0 aliphatic carbocycles. The van der Waals surface area contributed by atoms with Crippen LogP contribution in [0.5, 0.6) is 0 Å². The lowest BCUT2D eigenvalue weighted by atomic mass is 9.97. The molecule has 192 valence electrons. The quantitative estimate of drug-likeness (QED) is 0.324. The third kappa shape index (κ3) is 5.20. The van der Waals surface area contributed by atoms with Crippen LogP contribution in [-0.4, -0.2) is 58.7 Å². The van der Waals surface area contributed by atoms with Crippen LogP contribution >= 0.6 is 11.3 Å². The summed E-state index contributed by atoms with van der Waals surface area (Å²) >= 11 is 1.67. The number of aryl methyl sites for hydroxylation is 1. The Bertz CT molecular complexity index is 1430. The first-order chi connectivity index (χ1) is 17.9. The summed E-state index contributed by atoms with van der Waals surface area (Å²) in [6, 6.07) is 11.9. The Hall–Kier alpha value is -3.79. The van der Waals surface area contributed by atoms with Crippen molar-refractivity contribution in [2.24, 2.45) is 5.92 Å². The summed E-state index contributed by atoms with van der Waals surface area (Å²) in [5, 5.41) is 11.1. The van der Waals surface area contributed by atoms with E-state index in [1.165, 1.54) is 4.70 Å². The van der Waals surface area contributed by atoms with Crippen molar-refractivity contribution >= 4 is 39.1 Å². The molecule has 0 radical (unpaired) electrons. The number of esters is 1. The molecule has 1 aliphatic heterocycles. The molecule has 1 aliphatic rings. The van der Waals surface area contributed by atoms with Crippen molar-refractivity contribution in [1.29, 1.82) is 0 Å².